The van der Waals surface area contributed by atoms with E-state index in [1.54, 1.807) is 24.3 Å². The molecule has 3 N–H and O–H groups in total. The van der Waals surface area contributed by atoms with Crippen LogP contribution in [0.2, 0.25) is 0 Å². The van der Waals surface area contributed by atoms with Gasteiger partial charge in [-0.2, -0.15) is 0 Å². The van der Waals surface area contributed by atoms with Gasteiger partial charge in [-0.15, -0.1) is 0 Å². The first kappa shape index (κ1) is 20.9. The Labute approximate surface area is 182 Å². The SMILES string of the molecule is CC1=C(C(=O)Nc2ccccc2C)C(c2ccc(O)cc2)C2=C(CC(C)(C)CC2=O)N1. The maximum atomic E-state index is 13.5. The smallest absolute Gasteiger partial charge is 0.254 e. The molecular formula is C26H28N2O3. The van der Waals surface area contributed by atoms with E-state index in [4.69, 9.17) is 0 Å². The second-order valence-electron chi connectivity index (χ2n) is 9.29. The first-order valence-electron chi connectivity index (χ1n) is 10.6. The van der Waals surface area contributed by atoms with Gasteiger partial charge in [0.1, 0.15) is 5.75 Å². The van der Waals surface area contributed by atoms with Crippen LogP contribution in [0, 0.1) is 12.3 Å². The molecule has 2 aromatic carbocycles. The van der Waals surface area contributed by atoms with Crippen LogP contribution in [0.15, 0.2) is 71.1 Å². The topological polar surface area (TPSA) is 78.4 Å². The molecule has 0 bridgehead atoms. The number of nitrogens with one attached hydrogen (secondary N) is 2. The third-order valence-corrected chi connectivity index (χ3v) is 6.10. The fourth-order valence-corrected chi connectivity index (χ4v) is 4.64. The molecule has 0 aromatic heterocycles. The van der Waals surface area contributed by atoms with E-state index in [1.807, 2.05) is 38.1 Å². The molecule has 0 radical (unpaired) electrons. The van der Waals surface area contributed by atoms with Crippen LogP contribution < -0.4 is 10.6 Å². The minimum Gasteiger partial charge on any atom is -0.508 e. The number of anilines is 1. The van der Waals surface area contributed by atoms with Gasteiger partial charge in [0.15, 0.2) is 5.78 Å². The summed E-state index contributed by atoms with van der Waals surface area (Å²) in [5.74, 6) is -0.508. The molecule has 2 aliphatic rings. The second kappa shape index (κ2) is 7.73. The second-order valence-corrected chi connectivity index (χ2v) is 9.29. The maximum absolute atomic E-state index is 13.5. The van der Waals surface area contributed by atoms with Crippen molar-refractivity contribution in [2.24, 2.45) is 5.41 Å². The maximum Gasteiger partial charge on any atom is 0.254 e. The third kappa shape index (κ3) is 4.00. The fraction of sp³-hybridized carbons (Fsp3) is 0.308. The number of allylic oxidation sites excluding steroid dienone is 3. The van der Waals surface area contributed by atoms with Gasteiger partial charge in [0.2, 0.25) is 0 Å². The van der Waals surface area contributed by atoms with Gasteiger partial charge < -0.3 is 15.7 Å². The Kier molecular flexibility index (Phi) is 5.21. The average molecular weight is 417 g/mol. The van der Waals surface area contributed by atoms with E-state index in [9.17, 15) is 14.7 Å². The number of rotatable bonds is 3. The molecular weight excluding hydrogens is 388 g/mol. The van der Waals surface area contributed by atoms with Crippen molar-refractivity contribution in [3.05, 3.63) is 82.2 Å². The van der Waals surface area contributed by atoms with Crippen molar-refractivity contribution in [2.75, 3.05) is 5.32 Å². The van der Waals surface area contributed by atoms with E-state index in [0.29, 0.717) is 17.6 Å². The minimum absolute atomic E-state index is 0.0607. The Morgan fingerprint density at radius 3 is 2.42 bits per heavy atom. The summed E-state index contributed by atoms with van der Waals surface area (Å²) in [6.07, 6.45) is 1.18. The van der Waals surface area contributed by atoms with Crippen molar-refractivity contribution in [1.82, 2.24) is 5.32 Å². The lowest BCUT2D eigenvalue weighted by molar-refractivity contribution is -0.118. The number of amides is 1. The summed E-state index contributed by atoms with van der Waals surface area (Å²) in [6.45, 7) is 8.01. The van der Waals surface area contributed by atoms with Crippen LogP contribution in [-0.4, -0.2) is 16.8 Å². The van der Waals surface area contributed by atoms with Gasteiger partial charge in [-0.05, 0) is 55.0 Å². The van der Waals surface area contributed by atoms with E-state index in [0.717, 1.165) is 34.6 Å². The Balaban J connectivity index is 1.81. The largest absolute Gasteiger partial charge is 0.508 e. The molecule has 1 heterocycles. The van der Waals surface area contributed by atoms with Gasteiger partial charge in [0.25, 0.3) is 5.91 Å². The molecule has 4 rings (SSSR count). The number of dihydropyridines is 1. The van der Waals surface area contributed by atoms with Crippen LogP contribution in [0.4, 0.5) is 5.69 Å². The molecule has 1 unspecified atom stereocenters. The highest BCUT2D eigenvalue weighted by atomic mass is 16.3. The molecule has 0 spiro atoms. The summed E-state index contributed by atoms with van der Waals surface area (Å²) in [5, 5.41) is 16.2. The van der Waals surface area contributed by atoms with E-state index in [-0.39, 0.29) is 22.9 Å². The van der Waals surface area contributed by atoms with Crippen molar-refractivity contribution >= 4 is 17.4 Å². The molecule has 0 saturated heterocycles. The van der Waals surface area contributed by atoms with Crippen LogP contribution in [0.25, 0.3) is 0 Å². The number of phenols is 1. The Morgan fingerprint density at radius 1 is 1.06 bits per heavy atom. The summed E-state index contributed by atoms with van der Waals surface area (Å²) in [6, 6.07) is 14.4. The zero-order chi connectivity index (χ0) is 22.3. The average Bonchev–Trinajstić information content (AvgIpc) is 2.68. The number of aromatic hydroxyl groups is 1. The first-order valence-corrected chi connectivity index (χ1v) is 10.6. The molecule has 1 aliphatic carbocycles. The predicted molar refractivity (Wildman–Crippen MR) is 122 cm³/mol. The number of hydrogen-bond donors (Lipinski definition) is 3. The molecule has 1 aliphatic heterocycles. The van der Waals surface area contributed by atoms with Crippen LogP contribution in [0.5, 0.6) is 5.75 Å². The summed E-state index contributed by atoms with van der Waals surface area (Å²) in [7, 11) is 0. The highest BCUT2D eigenvalue weighted by molar-refractivity contribution is 6.10. The molecule has 31 heavy (non-hydrogen) atoms. The molecule has 1 atom stereocenters. The molecule has 2 aromatic rings. The van der Waals surface area contributed by atoms with Crippen molar-refractivity contribution in [1.29, 1.82) is 0 Å². The fourth-order valence-electron chi connectivity index (χ4n) is 4.64. The van der Waals surface area contributed by atoms with Gasteiger partial charge in [-0.3, -0.25) is 9.59 Å². The number of benzene rings is 2. The lowest BCUT2D eigenvalue weighted by Crippen LogP contribution is -2.39. The number of carbonyl (C=O) groups excluding carboxylic acids is 2. The van der Waals surface area contributed by atoms with E-state index in [1.165, 1.54) is 0 Å². The van der Waals surface area contributed by atoms with Crippen molar-refractivity contribution in [3.8, 4) is 5.75 Å². The van der Waals surface area contributed by atoms with Crippen molar-refractivity contribution < 1.29 is 14.7 Å². The summed E-state index contributed by atoms with van der Waals surface area (Å²) >= 11 is 0. The summed E-state index contributed by atoms with van der Waals surface area (Å²) in [4.78, 5) is 26.8. The Bertz CT molecular complexity index is 1120. The van der Waals surface area contributed by atoms with Gasteiger partial charge >= 0.3 is 0 Å². The lowest BCUT2D eigenvalue weighted by Gasteiger charge is -2.39. The van der Waals surface area contributed by atoms with Gasteiger partial charge in [0.05, 0.1) is 0 Å². The normalized spacial score (nSPS) is 20.3. The quantitative estimate of drug-likeness (QED) is 0.662. The van der Waals surface area contributed by atoms with Crippen LogP contribution in [-0.2, 0) is 9.59 Å². The van der Waals surface area contributed by atoms with Crippen molar-refractivity contribution in [2.45, 2.75) is 46.5 Å². The van der Waals surface area contributed by atoms with Crippen LogP contribution in [0.3, 0.4) is 0 Å². The van der Waals surface area contributed by atoms with Gasteiger partial charge in [-0.25, -0.2) is 0 Å². The molecule has 0 fully saturated rings. The predicted octanol–water partition coefficient (Wildman–Crippen LogP) is 4.94. The monoisotopic (exact) mass is 416 g/mol. The third-order valence-electron chi connectivity index (χ3n) is 6.10. The molecule has 0 saturated carbocycles. The minimum atomic E-state index is -0.482. The lowest BCUT2D eigenvalue weighted by atomic mass is 9.68. The Morgan fingerprint density at radius 2 is 1.74 bits per heavy atom. The van der Waals surface area contributed by atoms with Gasteiger partial charge in [-0.1, -0.05) is 44.2 Å². The zero-order valence-corrected chi connectivity index (χ0v) is 18.4. The van der Waals surface area contributed by atoms with Crippen LogP contribution in [0.1, 0.15) is 50.7 Å². The standard InChI is InChI=1S/C26H28N2O3/c1-15-7-5-6-8-19(15)28-25(31)22-16(2)27-20-13-26(3,4)14-21(30)24(20)23(22)17-9-11-18(29)12-10-17/h5-12,23,27,29H,13-14H2,1-4H3,(H,28,31). The number of Topliss-reactive ketones (excluding diaryl/α,β-unsaturated/α-hetero) is 1. The van der Waals surface area contributed by atoms with E-state index in [2.05, 4.69) is 24.5 Å². The molecule has 5 heteroatoms. The molecule has 160 valence electrons. The number of ketones is 1. The highest BCUT2D eigenvalue weighted by Crippen LogP contribution is 2.46. The first-order chi connectivity index (χ1) is 14.7. The number of para-hydroxylation sites is 1. The van der Waals surface area contributed by atoms with E-state index >= 15 is 0 Å². The van der Waals surface area contributed by atoms with Crippen molar-refractivity contribution in [3.63, 3.8) is 0 Å². The summed E-state index contributed by atoms with van der Waals surface area (Å²) < 4.78 is 0. The van der Waals surface area contributed by atoms with Crippen LogP contribution >= 0.6 is 0 Å². The number of hydrogen-bond acceptors (Lipinski definition) is 4. The molecule has 1 amide bonds. The number of aryl methyl sites for hydroxylation is 1. The van der Waals surface area contributed by atoms with E-state index < -0.39 is 5.92 Å². The number of carbonyl (C=O) groups is 2. The zero-order valence-electron chi connectivity index (χ0n) is 18.4. The Hall–Kier alpha value is -3.34. The van der Waals surface area contributed by atoms with Gasteiger partial charge in [0, 0.05) is 40.6 Å². The highest BCUT2D eigenvalue weighted by Gasteiger charge is 2.42. The number of phenolic OH excluding ortho intramolecular Hbond substituents is 1. The summed E-state index contributed by atoms with van der Waals surface area (Å²) in [5.41, 5.74) is 5.21. The molecule has 5 nitrogen and oxygen atoms in total.